The normalized spacial score (nSPS) is 25.2. The van der Waals surface area contributed by atoms with Gasteiger partial charge in [0.05, 0.1) is 0 Å². The summed E-state index contributed by atoms with van der Waals surface area (Å²) in [5, 5.41) is 8.99. The van der Waals surface area contributed by atoms with Crippen molar-refractivity contribution in [3.05, 3.63) is 84.4 Å². The molecule has 2 heterocycles. The fraction of sp³-hybridized carbons (Fsp3) is 0.556. The summed E-state index contributed by atoms with van der Waals surface area (Å²) in [6, 6.07) is 19.6. The lowest BCUT2D eigenvalue weighted by molar-refractivity contribution is 0.0791. The molecule has 2 saturated heterocycles. The monoisotopic (exact) mass is 588 g/mol. The van der Waals surface area contributed by atoms with Crippen LogP contribution in [0, 0.1) is 35.5 Å². The maximum absolute atomic E-state index is 12.1. The van der Waals surface area contributed by atoms with Crippen LogP contribution in [0.25, 0.3) is 0 Å². The van der Waals surface area contributed by atoms with Crippen LogP contribution in [0.3, 0.4) is 0 Å². The standard InChI is InChI=1S/C18H25NO3.C18H23NO2/c20-11-8-16-12-17(16)15-6-9-19(10-7-15)18(21)22-13-14-4-2-1-3-5-14;1-2-15-12-17(15)16-8-10-19(11-9-16)18(20)21-13-14-6-4-3-5-7-14/h1-5,15-17,20H,6-13H2;2-7,15-17H,1,8-13H2/t16-,17+;15-,17-/m00/s1. The van der Waals surface area contributed by atoms with Gasteiger partial charge in [-0.25, -0.2) is 9.59 Å². The number of nitrogens with zero attached hydrogens (tertiary/aromatic N) is 2. The van der Waals surface area contributed by atoms with Crippen molar-refractivity contribution in [3.8, 4) is 0 Å². The highest BCUT2D eigenvalue weighted by Gasteiger charge is 2.43. The maximum Gasteiger partial charge on any atom is 0.410 e. The molecule has 4 fully saturated rings. The van der Waals surface area contributed by atoms with Gasteiger partial charge in [-0.2, -0.15) is 0 Å². The molecule has 0 unspecified atom stereocenters. The summed E-state index contributed by atoms with van der Waals surface area (Å²) >= 11 is 0. The maximum atomic E-state index is 12.1. The Morgan fingerprint density at radius 3 is 1.63 bits per heavy atom. The Kier molecular flexibility index (Phi) is 11.2. The zero-order valence-electron chi connectivity index (χ0n) is 25.4. The van der Waals surface area contributed by atoms with Crippen LogP contribution in [0.15, 0.2) is 73.3 Å². The van der Waals surface area contributed by atoms with Crippen molar-refractivity contribution in [3.63, 3.8) is 0 Å². The number of aliphatic hydroxyl groups is 1. The molecule has 4 aliphatic rings. The Labute approximate surface area is 256 Å². The molecule has 0 radical (unpaired) electrons. The Morgan fingerprint density at radius 1 is 0.744 bits per heavy atom. The first-order valence-electron chi connectivity index (χ1n) is 16.2. The first kappa shape index (κ1) is 31.1. The van der Waals surface area contributed by atoms with Gasteiger partial charge in [-0.15, -0.1) is 6.58 Å². The zero-order chi connectivity index (χ0) is 30.0. The lowest BCUT2D eigenvalue weighted by Crippen LogP contribution is -2.39. The number of rotatable bonds is 9. The summed E-state index contributed by atoms with van der Waals surface area (Å²) in [6.07, 6.45) is 9.61. The van der Waals surface area contributed by atoms with Crippen LogP contribution in [-0.2, 0) is 22.7 Å². The quantitative estimate of drug-likeness (QED) is 0.322. The van der Waals surface area contributed by atoms with Crippen molar-refractivity contribution in [2.45, 2.75) is 58.2 Å². The summed E-state index contributed by atoms with van der Waals surface area (Å²) in [6.45, 7) is 8.18. The lowest BCUT2D eigenvalue weighted by Gasteiger charge is -2.31. The van der Waals surface area contributed by atoms with E-state index in [1.807, 2.05) is 70.5 Å². The first-order valence-corrected chi connectivity index (χ1v) is 16.2. The molecule has 232 valence electrons. The highest BCUT2D eigenvalue weighted by Crippen LogP contribution is 2.50. The van der Waals surface area contributed by atoms with Gasteiger partial charge in [-0.3, -0.25) is 0 Å². The third-order valence-electron chi connectivity index (χ3n) is 9.89. The number of piperidine rings is 2. The molecule has 2 saturated carbocycles. The van der Waals surface area contributed by atoms with E-state index in [1.54, 1.807) is 0 Å². The van der Waals surface area contributed by atoms with Gasteiger partial charge in [0.1, 0.15) is 13.2 Å². The Hall–Kier alpha value is -3.32. The fourth-order valence-corrected chi connectivity index (χ4v) is 7.04. The van der Waals surface area contributed by atoms with Crippen molar-refractivity contribution >= 4 is 12.2 Å². The average Bonchev–Trinajstić information content (AvgIpc) is 4.00. The molecule has 6 rings (SSSR count). The van der Waals surface area contributed by atoms with Gasteiger partial charge in [0.15, 0.2) is 0 Å². The minimum absolute atomic E-state index is 0.173. The highest BCUT2D eigenvalue weighted by molar-refractivity contribution is 5.68. The number of likely N-dealkylation sites (tertiary alicyclic amines) is 2. The first-order chi connectivity index (χ1) is 21.1. The number of hydrogen-bond donors (Lipinski definition) is 1. The van der Waals surface area contributed by atoms with Gasteiger partial charge in [-0.1, -0.05) is 66.7 Å². The van der Waals surface area contributed by atoms with Crippen LogP contribution >= 0.6 is 0 Å². The third-order valence-corrected chi connectivity index (χ3v) is 9.89. The molecule has 2 amide bonds. The fourth-order valence-electron chi connectivity index (χ4n) is 7.04. The van der Waals surface area contributed by atoms with E-state index < -0.39 is 0 Å². The van der Waals surface area contributed by atoms with Crippen LogP contribution in [0.1, 0.15) is 56.1 Å². The van der Waals surface area contributed by atoms with Crippen molar-refractivity contribution in [2.75, 3.05) is 32.8 Å². The molecule has 0 spiro atoms. The van der Waals surface area contributed by atoms with E-state index in [2.05, 4.69) is 12.7 Å². The molecule has 1 N–H and O–H groups in total. The van der Waals surface area contributed by atoms with Crippen molar-refractivity contribution in [1.29, 1.82) is 0 Å². The number of carbonyl (C=O) groups is 2. The van der Waals surface area contributed by atoms with E-state index >= 15 is 0 Å². The molecule has 2 aromatic rings. The number of allylic oxidation sites excluding steroid dienone is 1. The average molecular weight is 589 g/mol. The van der Waals surface area contributed by atoms with E-state index in [1.165, 1.54) is 12.8 Å². The number of benzene rings is 2. The molecule has 43 heavy (non-hydrogen) atoms. The van der Waals surface area contributed by atoms with Crippen LogP contribution in [0.4, 0.5) is 9.59 Å². The molecule has 4 atom stereocenters. The van der Waals surface area contributed by atoms with Crippen molar-refractivity contribution < 1.29 is 24.2 Å². The zero-order valence-corrected chi connectivity index (χ0v) is 25.4. The summed E-state index contributed by atoms with van der Waals surface area (Å²) < 4.78 is 10.8. The summed E-state index contributed by atoms with van der Waals surface area (Å²) in [5.74, 6) is 4.57. The van der Waals surface area contributed by atoms with Gasteiger partial charge < -0.3 is 24.4 Å². The third kappa shape index (κ3) is 9.09. The largest absolute Gasteiger partial charge is 0.445 e. The summed E-state index contributed by atoms with van der Waals surface area (Å²) in [4.78, 5) is 27.9. The Bertz CT molecular complexity index is 1160. The molecular formula is C36H48N2O5. The summed E-state index contributed by atoms with van der Waals surface area (Å²) in [5.41, 5.74) is 2.06. The minimum Gasteiger partial charge on any atom is -0.445 e. The molecule has 7 nitrogen and oxygen atoms in total. The second kappa shape index (κ2) is 15.4. The van der Waals surface area contributed by atoms with Gasteiger partial charge in [0.2, 0.25) is 0 Å². The molecule has 0 bridgehead atoms. The molecular weight excluding hydrogens is 540 g/mol. The Morgan fingerprint density at radius 2 is 1.21 bits per heavy atom. The van der Waals surface area contributed by atoms with Gasteiger partial charge >= 0.3 is 12.2 Å². The number of hydrogen-bond acceptors (Lipinski definition) is 5. The van der Waals surface area contributed by atoms with Crippen LogP contribution in [-0.4, -0.2) is 59.9 Å². The van der Waals surface area contributed by atoms with Crippen LogP contribution in [0.2, 0.25) is 0 Å². The van der Waals surface area contributed by atoms with Crippen LogP contribution in [0.5, 0.6) is 0 Å². The summed E-state index contributed by atoms with van der Waals surface area (Å²) in [7, 11) is 0. The smallest absolute Gasteiger partial charge is 0.410 e. The number of aliphatic hydroxyl groups excluding tert-OH is 1. The molecule has 2 aliphatic heterocycles. The molecule has 2 aromatic carbocycles. The molecule has 0 aromatic heterocycles. The predicted molar refractivity (Wildman–Crippen MR) is 167 cm³/mol. The lowest BCUT2D eigenvalue weighted by atomic mass is 9.91. The van der Waals surface area contributed by atoms with E-state index in [0.717, 1.165) is 105 Å². The second-order valence-corrected chi connectivity index (χ2v) is 12.7. The number of amides is 2. The van der Waals surface area contributed by atoms with Crippen LogP contribution < -0.4 is 0 Å². The van der Waals surface area contributed by atoms with Gasteiger partial charge in [-0.05, 0) is 91.6 Å². The van der Waals surface area contributed by atoms with Gasteiger partial charge in [0, 0.05) is 32.8 Å². The Balaban J connectivity index is 0.000000171. The van der Waals surface area contributed by atoms with Crippen molar-refractivity contribution in [2.24, 2.45) is 35.5 Å². The van der Waals surface area contributed by atoms with Crippen molar-refractivity contribution in [1.82, 2.24) is 9.80 Å². The van der Waals surface area contributed by atoms with Gasteiger partial charge in [0.25, 0.3) is 0 Å². The topological polar surface area (TPSA) is 79.3 Å². The highest BCUT2D eigenvalue weighted by atomic mass is 16.6. The minimum atomic E-state index is -0.190. The van der Waals surface area contributed by atoms with E-state index in [-0.39, 0.29) is 12.2 Å². The second-order valence-electron chi connectivity index (χ2n) is 12.7. The molecule has 2 aliphatic carbocycles. The number of carbonyl (C=O) groups excluding carboxylic acids is 2. The van der Waals surface area contributed by atoms with E-state index in [0.29, 0.717) is 19.8 Å². The molecule has 7 heteroatoms. The van der Waals surface area contributed by atoms with E-state index in [4.69, 9.17) is 14.6 Å². The predicted octanol–water partition coefficient (Wildman–Crippen LogP) is 6.91. The number of ether oxygens (including phenoxy) is 2. The SMILES string of the molecule is C=C[C@H]1C[C@@H]1C1CCN(C(=O)OCc2ccccc2)CC1.O=C(OCc1ccccc1)N1CCC([C@H]2C[C@@H]2CCO)CC1. The van der Waals surface area contributed by atoms with E-state index in [9.17, 15) is 9.59 Å².